The summed E-state index contributed by atoms with van der Waals surface area (Å²) in [5.74, 6) is 0. The van der Waals surface area contributed by atoms with Crippen LogP contribution in [0.5, 0.6) is 0 Å². The van der Waals surface area contributed by atoms with Gasteiger partial charge < -0.3 is 10.1 Å². The summed E-state index contributed by atoms with van der Waals surface area (Å²) in [5, 5.41) is 3.17. The molecule has 0 saturated heterocycles. The first-order valence-electron chi connectivity index (χ1n) is 5.74. The summed E-state index contributed by atoms with van der Waals surface area (Å²) in [7, 11) is 0. The molecule has 0 amide bonds. The lowest BCUT2D eigenvalue weighted by Gasteiger charge is -2.29. The molecule has 0 radical (unpaired) electrons. The topological polar surface area (TPSA) is 21.3 Å². The maximum absolute atomic E-state index is 11.9. The van der Waals surface area contributed by atoms with Gasteiger partial charge in [0.25, 0.3) is 0 Å². The lowest BCUT2D eigenvalue weighted by atomic mass is 10.0. The van der Waals surface area contributed by atoms with Gasteiger partial charge >= 0.3 is 6.18 Å². The van der Waals surface area contributed by atoms with E-state index in [0.717, 1.165) is 13.0 Å². The molecule has 0 bridgehead atoms. The van der Waals surface area contributed by atoms with E-state index in [1.807, 2.05) is 20.8 Å². The smallest absolute Gasteiger partial charge is 0.374 e. The molecule has 0 heterocycles. The van der Waals surface area contributed by atoms with Crippen LogP contribution >= 0.6 is 0 Å². The third-order valence-corrected chi connectivity index (χ3v) is 2.51. The van der Waals surface area contributed by atoms with Crippen LogP contribution in [-0.2, 0) is 4.74 Å². The quantitative estimate of drug-likeness (QED) is 0.659. The van der Waals surface area contributed by atoms with Crippen molar-refractivity contribution in [3.63, 3.8) is 0 Å². The van der Waals surface area contributed by atoms with Crippen molar-refractivity contribution in [2.24, 2.45) is 0 Å². The van der Waals surface area contributed by atoms with Crippen molar-refractivity contribution in [3.8, 4) is 0 Å². The lowest BCUT2D eigenvalue weighted by Crippen LogP contribution is -2.40. The van der Waals surface area contributed by atoms with Gasteiger partial charge in [-0.1, -0.05) is 13.8 Å². The van der Waals surface area contributed by atoms with E-state index >= 15 is 0 Å². The van der Waals surface area contributed by atoms with E-state index in [0.29, 0.717) is 13.0 Å². The molecule has 2 nitrogen and oxygen atoms in total. The Balaban J connectivity index is 3.87. The van der Waals surface area contributed by atoms with Crippen LogP contribution in [0.3, 0.4) is 0 Å². The van der Waals surface area contributed by atoms with E-state index in [1.54, 1.807) is 0 Å². The summed E-state index contributed by atoms with van der Waals surface area (Å²) in [6.07, 6.45) is -3.31. The minimum absolute atomic E-state index is 0.262. The number of rotatable bonds is 8. The van der Waals surface area contributed by atoms with Crippen LogP contribution in [0.2, 0.25) is 0 Å². The van der Waals surface area contributed by atoms with Crippen molar-refractivity contribution in [2.75, 3.05) is 19.7 Å². The molecule has 0 aliphatic carbocycles. The highest BCUT2D eigenvalue weighted by molar-refractivity contribution is 4.76. The van der Waals surface area contributed by atoms with Crippen LogP contribution in [0.25, 0.3) is 0 Å². The highest BCUT2D eigenvalue weighted by Gasteiger charge is 2.29. The van der Waals surface area contributed by atoms with Crippen LogP contribution in [0.1, 0.15) is 40.0 Å². The van der Waals surface area contributed by atoms with Gasteiger partial charge in [-0.3, -0.25) is 0 Å². The molecule has 1 atom stereocenters. The van der Waals surface area contributed by atoms with Crippen molar-refractivity contribution in [1.29, 1.82) is 0 Å². The molecule has 0 aromatic carbocycles. The first-order chi connectivity index (χ1) is 7.33. The van der Waals surface area contributed by atoms with E-state index in [1.165, 1.54) is 0 Å². The molecule has 0 rings (SSSR count). The molecule has 5 heteroatoms. The Labute approximate surface area is 95.5 Å². The Hall–Kier alpha value is -0.290. The molecule has 98 valence electrons. The number of nitrogens with one attached hydrogen (secondary N) is 1. The summed E-state index contributed by atoms with van der Waals surface area (Å²) in [6.45, 7) is 6.99. The van der Waals surface area contributed by atoms with Crippen molar-refractivity contribution in [2.45, 2.75) is 51.8 Å². The normalized spacial score (nSPS) is 16.1. The zero-order valence-electron chi connectivity index (χ0n) is 10.3. The first kappa shape index (κ1) is 15.7. The fourth-order valence-corrected chi connectivity index (χ4v) is 1.22. The molecule has 0 aromatic rings. The van der Waals surface area contributed by atoms with E-state index in [-0.39, 0.29) is 6.61 Å². The highest BCUT2D eigenvalue weighted by Crippen LogP contribution is 2.22. The average molecular weight is 241 g/mol. The van der Waals surface area contributed by atoms with E-state index in [9.17, 15) is 13.2 Å². The van der Waals surface area contributed by atoms with Gasteiger partial charge in [-0.15, -0.1) is 0 Å². The van der Waals surface area contributed by atoms with Crippen molar-refractivity contribution in [3.05, 3.63) is 0 Å². The summed E-state index contributed by atoms with van der Waals surface area (Å²) in [4.78, 5) is 0. The second-order valence-electron chi connectivity index (χ2n) is 4.19. The molecule has 16 heavy (non-hydrogen) atoms. The maximum Gasteiger partial charge on any atom is 0.391 e. The minimum Gasteiger partial charge on any atom is -0.374 e. The second-order valence-corrected chi connectivity index (χ2v) is 4.19. The molecule has 0 saturated carbocycles. The Morgan fingerprint density at radius 2 is 1.81 bits per heavy atom. The molecule has 1 unspecified atom stereocenters. The van der Waals surface area contributed by atoms with Gasteiger partial charge in [0.2, 0.25) is 0 Å². The lowest BCUT2D eigenvalue weighted by molar-refractivity contribution is -0.156. The van der Waals surface area contributed by atoms with Crippen LogP contribution in [0.15, 0.2) is 0 Å². The zero-order chi connectivity index (χ0) is 12.7. The third-order valence-electron chi connectivity index (χ3n) is 2.51. The fraction of sp³-hybridized carbons (Fsp3) is 1.00. The van der Waals surface area contributed by atoms with Crippen molar-refractivity contribution >= 4 is 0 Å². The molecule has 0 aliphatic rings. The molecule has 0 spiro atoms. The first-order valence-corrected chi connectivity index (χ1v) is 5.74. The number of halogens is 3. The summed E-state index contributed by atoms with van der Waals surface area (Å²) >= 11 is 0. The average Bonchev–Trinajstić information content (AvgIpc) is 2.16. The predicted molar refractivity (Wildman–Crippen MR) is 58.5 cm³/mol. The van der Waals surface area contributed by atoms with Gasteiger partial charge in [0, 0.05) is 6.54 Å². The Bertz CT molecular complexity index is 185. The SMILES string of the molecule is CCCNCC(C)(CC)OCCC(F)(F)F. The third kappa shape index (κ3) is 7.93. The molecule has 0 fully saturated rings. The van der Waals surface area contributed by atoms with Gasteiger partial charge in [-0.25, -0.2) is 0 Å². The summed E-state index contributed by atoms with van der Waals surface area (Å²) in [5.41, 5.74) is -0.500. The second kappa shape index (κ2) is 7.12. The number of hydrogen-bond donors (Lipinski definition) is 1. The van der Waals surface area contributed by atoms with Crippen LogP contribution in [0.4, 0.5) is 13.2 Å². The summed E-state index contributed by atoms with van der Waals surface area (Å²) < 4.78 is 41.2. The number of hydrogen-bond acceptors (Lipinski definition) is 2. The van der Waals surface area contributed by atoms with Gasteiger partial charge in [0.05, 0.1) is 18.6 Å². The van der Waals surface area contributed by atoms with E-state index in [2.05, 4.69) is 5.32 Å². The van der Waals surface area contributed by atoms with Crippen molar-refractivity contribution < 1.29 is 17.9 Å². The van der Waals surface area contributed by atoms with Crippen molar-refractivity contribution in [1.82, 2.24) is 5.32 Å². The summed E-state index contributed by atoms with van der Waals surface area (Å²) in [6, 6.07) is 0. The molecular formula is C11H22F3NO. The fourth-order valence-electron chi connectivity index (χ4n) is 1.22. The largest absolute Gasteiger partial charge is 0.391 e. The van der Waals surface area contributed by atoms with Gasteiger partial charge in [0.15, 0.2) is 0 Å². The highest BCUT2D eigenvalue weighted by atomic mass is 19.4. The Morgan fingerprint density at radius 1 is 1.19 bits per heavy atom. The maximum atomic E-state index is 11.9. The monoisotopic (exact) mass is 241 g/mol. The van der Waals surface area contributed by atoms with Gasteiger partial charge in [-0.05, 0) is 26.3 Å². The Kier molecular flexibility index (Phi) is 6.99. The van der Waals surface area contributed by atoms with Crippen LogP contribution in [-0.4, -0.2) is 31.5 Å². The zero-order valence-corrected chi connectivity index (χ0v) is 10.3. The number of alkyl halides is 3. The molecule has 0 aromatic heterocycles. The van der Waals surface area contributed by atoms with Crippen LogP contribution in [0, 0.1) is 0 Å². The minimum atomic E-state index is -4.13. The number of ether oxygens (including phenoxy) is 1. The molecular weight excluding hydrogens is 219 g/mol. The van der Waals surface area contributed by atoms with Gasteiger partial charge in [0.1, 0.15) is 0 Å². The predicted octanol–water partition coefficient (Wildman–Crippen LogP) is 3.12. The molecule has 0 aliphatic heterocycles. The van der Waals surface area contributed by atoms with E-state index < -0.39 is 18.2 Å². The van der Waals surface area contributed by atoms with E-state index in [4.69, 9.17) is 4.74 Å². The van der Waals surface area contributed by atoms with Crippen LogP contribution < -0.4 is 5.32 Å². The Morgan fingerprint density at radius 3 is 2.25 bits per heavy atom. The van der Waals surface area contributed by atoms with Gasteiger partial charge in [-0.2, -0.15) is 13.2 Å². The standard InChI is InChI=1S/C11H22F3NO/c1-4-7-15-9-10(3,5-2)16-8-6-11(12,13)14/h15H,4-9H2,1-3H3. The molecule has 1 N–H and O–H groups in total.